The molecule has 3 aromatic rings. The summed E-state index contributed by atoms with van der Waals surface area (Å²) in [6, 6.07) is 2.13. The lowest BCUT2D eigenvalue weighted by molar-refractivity contribution is -0.142. The van der Waals surface area contributed by atoms with Gasteiger partial charge in [0.05, 0.1) is 23.1 Å². The summed E-state index contributed by atoms with van der Waals surface area (Å²) in [5, 5.41) is 4.27. The number of alkyl halides is 3. The van der Waals surface area contributed by atoms with Crippen LogP contribution in [0.2, 0.25) is 0 Å². The third-order valence-corrected chi connectivity index (χ3v) is 5.71. The average molecular weight is 449 g/mol. The van der Waals surface area contributed by atoms with Crippen molar-refractivity contribution in [2.45, 2.75) is 71.5 Å². The zero-order valence-electron chi connectivity index (χ0n) is 18.7. The SMILES string of the molecule is Cc1nc(C)c(C(=O)N2CCCC[C@H]2c2cc3nc(C(C)(C)C)cc(C(F)(F)F)n3n2)o1. The van der Waals surface area contributed by atoms with Gasteiger partial charge in [-0.15, -0.1) is 0 Å². The highest BCUT2D eigenvalue weighted by atomic mass is 19.4. The molecule has 4 rings (SSSR count). The van der Waals surface area contributed by atoms with E-state index in [1.165, 1.54) is 0 Å². The highest BCUT2D eigenvalue weighted by Gasteiger charge is 2.38. The molecule has 32 heavy (non-hydrogen) atoms. The lowest BCUT2D eigenvalue weighted by atomic mass is 9.91. The fraction of sp³-hybridized carbons (Fsp3) is 0.545. The summed E-state index contributed by atoms with van der Waals surface area (Å²) in [7, 11) is 0. The van der Waals surface area contributed by atoms with Gasteiger partial charge in [0.15, 0.2) is 11.5 Å². The van der Waals surface area contributed by atoms with E-state index in [9.17, 15) is 18.0 Å². The zero-order valence-corrected chi connectivity index (χ0v) is 18.7. The number of nitrogens with zero attached hydrogens (tertiary/aromatic N) is 5. The summed E-state index contributed by atoms with van der Waals surface area (Å²) in [4.78, 5) is 23.4. The lowest BCUT2D eigenvalue weighted by Gasteiger charge is -2.34. The first kappa shape index (κ1) is 22.3. The van der Waals surface area contributed by atoms with Gasteiger partial charge in [-0.25, -0.2) is 14.5 Å². The molecule has 1 fully saturated rings. The number of piperidine rings is 1. The van der Waals surface area contributed by atoms with E-state index in [-0.39, 0.29) is 17.3 Å². The quantitative estimate of drug-likeness (QED) is 0.549. The minimum Gasteiger partial charge on any atom is -0.436 e. The van der Waals surface area contributed by atoms with Gasteiger partial charge in [-0.05, 0) is 32.3 Å². The molecule has 0 N–H and O–H groups in total. The van der Waals surface area contributed by atoms with Crippen LogP contribution < -0.4 is 0 Å². The van der Waals surface area contributed by atoms with Crippen molar-refractivity contribution in [2.75, 3.05) is 6.54 Å². The van der Waals surface area contributed by atoms with Crippen molar-refractivity contribution in [3.63, 3.8) is 0 Å². The Morgan fingerprint density at radius 1 is 1.12 bits per heavy atom. The zero-order chi connectivity index (χ0) is 23.4. The molecule has 1 aliphatic rings. The molecule has 10 heteroatoms. The summed E-state index contributed by atoms with van der Waals surface area (Å²) < 4.78 is 47.9. The van der Waals surface area contributed by atoms with Crippen LogP contribution in [0.15, 0.2) is 16.5 Å². The number of amides is 1. The van der Waals surface area contributed by atoms with Crippen molar-refractivity contribution in [3.05, 3.63) is 46.6 Å². The molecule has 4 heterocycles. The Kier molecular flexibility index (Phi) is 5.29. The molecule has 1 aliphatic heterocycles. The number of oxazole rings is 1. The summed E-state index contributed by atoms with van der Waals surface area (Å²) in [5.41, 5.74) is -0.133. The number of aryl methyl sites for hydroxylation is 2. The van der Waals surface area contributed by atoms with Crippen LogP contribution in [0.1, 0.15) is 85.3 Å². The van der Waals surface area contributed by atoms with E-state index in [4.69, 9.17) is 4.42 Å². The molecule has 7 nitrogen and oxygen atoms in total. The van der Waals surface area contributed by atoms with E-state index in [0.29, 0.717) is 35.9 Å². The predicted molar refractivity (Wildman–Crippen MR) is 110 cm³/mol. The summed E-state index contributed by atoms with van der Waals surface area (Å²) >= 11 is 0. The second kappa shape index (κ2) is 7.60. The molecule has 0 aromatic carbocycles. The summed E-state index contributed by atoms with van der Waals surface area (Å²) in [6.07, 6.45) is -2.37. The number of likely N-dealkylation sites (tertiary alicyclic amines) is 1. The van der Waals surface area contributed by atoms with Crippen LogP contribution >= 0.6 is 0 Å². The number of hydrogen-bond donors (Lipinski definition) is 0. The first-order valence-electron chi connectivity index (χ1n) is 10.6. The van der Waals surface area contributed by atoms with Gasteiger partial charge < -0.3 is 9.32 Å². The largest absolute Gasteiger partial charge is 0.436 e. The van der Waals surface area contributed by atoms with Gasteiger partial charge in [-0.2, -0.15) is 18.3 Å². The molecule has 0 bridgehead atoms. The minimum absolute atomic E-state index is 0.115. The Labute approximate surface area is 183 Å². The number of halogens is 3. The molecule has 3 aromatic heterocycles. The Morgan fingerprint density at radius 2 is 1.84 bits per heavy atom. The predicted octanol–water partition coefficient (Wildman–Crippen LogP) is 5.02. The molecule has 0 radical (unpaired) electrons. The maximum Gasteiger partial charge on any atom is 0.433 e. The molecule has 0 spiro atoms. The van der Waals surface area contributed by atoms with Crippen LogP contribution in [-0.2, 0) is 11.6 Å². The molecule has 1 saturated heterocycles. The molecule has 0 aliphatic carbocycles. The van der Waals surface area contributed by atoms with E-state index < -0.39 is 23.3 Å². The molecule has 1 amide bonds. The average Bonchev–Trinajstić information content (AvgIpc) is 3.27. The number of carbonyl (C=O) groups is 1. The van der Waals surface area contributed by atoms with Crippen LogP contribution in [0.4, 0.5) is 13.2 Å². The fourth-order valence-electron chi connectivity index (χ4n) is 4.08. The lowest BCUT2D eigenvalue weighted by Crippen LogP contribution is -2.38. The normalized spacial score (nSPS) is 17.9. The maximum absolute atomic E-state index is 13.8. The smallest absolute Gasteiger partial charge is 0.433 e. The third kappa shape index (κ3) is 3.98. The van der Waals surface area contributed by atoms with Crippen LogP contribution in [-0.4, -0.2) is 36.9 Å². The van der Waals surface area contributed by atoms with Gasteiger partial charge in [-0.1, -0.05) is 20.8 Å². The van der Waals surface area contributed by atoms with E-state index in [0.717, 1.165) is 23.4 Å². The van der Waals surface area contributed by atoms with Crippen LogP contribution in [0.3, 0.4) is 0 Å². The van der Waals surface area contributed by atoms with Gasteiger partial charge >= 0.3 is 6.18 Å². The minimum atomic E-state index is -4.60. The van der Waals surface area contributed by atoms with Crippen molar-refractivity contribution < 1.29 is 22.4 Å². The Hall–Kier alpha value is -2.91. The van der Waals surface area contributed by atoms with E-state index >= 15 is 0 Å². The second-order valence-electron chi connectivity index (χ2n) is 9.27. The van der Waals surface area contributed by atoms with Crippen LogP contribution in [0, 0.1) is 13.8 Å². The number of aromatic nitrogens is 4. The van der Waals surface area contributed by atoms with Crippen molar-refractivity contribution in [1.82, 2.24) is 24.5 Å². The third-order valence-electron chi connectivity index (χ3n) is 5.71. The Morgan fingerprint density at radius 3 is 2.44 bits per heavy atom. The highest BCUT2D eigenvalue weighted by Crippen LogP contribution is 2.36. The first-order valence-corrected chi connectivity index (χ1v) is 10.6. The fourth-order valence-corrected chi connectivity index (χ4v) is 4.08. The highest BCUT2D eigenvalue weighted by molar-refractivity contribution is 5.92. The van der Waals surface area contributed by atoms with Crippen molar-refractivity contribution in [2.24, 2.45) is 0 Å². The van der Waals surface area contributed by atoms with Crippen molar-refractivity contribution in [3.8, 4) is 0 Å². The standard InChI is InChI=1S/C22H26F3N5O2/c1-12-19(32-13(2)26-12)20(31)29-9-7-6-8-15(29)14-10-18-27-16(21(3,4)5)11-17(22(23,24)25)30(18)28-14/h10-11,15H,6-9H2,1-5H3/t15-/m0/s1. The van der Waals surface area contributed by atoms with E-state index in [1.54, 1.807) is 24.8 Å². The van der Waals surface area contributed by atoms with Crippen LogP contribution in [0.25, 0.3) is 5.65 Å². The number of hydrogen-bond acceptors (Lipinski definition) is 5. The summed E-state index contributed by atoms with van der Waals surface area (Å²) in [6.45, 7) is 9.26. The Balaban J connectivity index is 1.80. The molecule has 0 unspecified atom stereocenters. The van der Waals surface area contributed by atoms with E-state index in [2.05, 4.69) is 15.1 Å². The monoisotopic (exact) mass is 449 g/mol. The molecule has 1 atom stereocenters. The topological polar surface area (TPSA) is 76.5 Å². The van der Waals surface area contributed by atoms with Gasteiger partial charge in [0.2, 0.25) is 5.76 Å². The molecule has 0 saturated carbocycles. The second-order valence-corrected chi connectivity index (χ2v) is 9.27. The molecule has 172 valence electrons. The van der Waals surface area contributed by atoms with Crippen molar-refractivity contribution in [1.29, 1.82) is 0 Å². The number of fused-ring (bicyclic) bond motifs is 1. The van der Waals surface area contributed by atoms with Crippen LogP contribution in [0.5, 0.6) is 0 Å². The van der Waals surface area contributed by atoms with Gasteiger partial charge in [-0.3, -0.25) is 4.79 Å². The molecular weight excluding hydrogens is 423 g/mol. The van der Waals surface area contributed by atoms with E-state index in [1.807, 2.05) is 20.8 Å². The van der Waals surface area contributed by atoms with Gasteiger partial charge in [0.25, 0.3) is 5.91 Å². The Bertz CT molecular complexity index is 1170. The number of carbonyl (C=O) groups excluding carboxylic acids is 1. The first-order chi connectivity index (χ1) is 14.9. The van der Waals surface area contributed by atoms with Gasteiger partial charge in [0.1, 0.15) is 5.69 Å². The van der Waals surface area contributed by atoms with Gasteiger partial charge in [0, 0.05) is 24.9 Å². The summed E-state index contributed by atoms with van der Waals surface area (Å²) in [5.74, 6) is 0.215. The molecular formula is C22H26F3N5O2. The maximum atomic E-state index is 13.8. The van der Waals surface area contributed by atoms with Crippen molar-refractivity contribution >= 4 is 11.6 Å². The number of rotatable bonds is 2.